The third-order valence-electron chi connectivity index (χ3n) is 5.44. The molecule has 6 nitrogen and oxygen atoms in total. The number of hydrogen-bond donors (Lipinski definition) is 2. The lowest BCUT2D eigenvalue weighted by atomic mass is 10.0. The summed E-state index contributed by atoms with van der Waals surface area (Å²) in [6.07, 6.45) is 2.68. The van der Waals surface area contributed by atoms with Gasteiger partial charge in [-0.15, -0.1) is 11.3 Å². The third kappa shape index (κ3) is 4.84. The molecule has 3 heterocycles. The summed E-state index contributed by atoms with van der Waals surface area (Å²) in [6.45, 7) is 9.31. The first kappa shape index (κ1) is 19.3. The van der Waals surface area contributed by atoms with E-state index in [1.807, 2.05) is 11.4 Å². The minimum Gasteiger partial charge on any atom is -0.354 e. The van der Waals surface area contributed by atoms with Gasteiger partial charge in [0.1, 0.15) is 0 Å². The van der Waals surface area contributed by atoms with Gasteiger partial charge < -0.3 is 10.6 Å². The predicted molar refractivity (Wildman–Crippen MR) is 104 cm³/mol. The van der Waals surface area contributed by atoms with E-state index in [1.54, 1.807) is 11.3 Å². The predicted octanol–water partition coefficient (Wildman–Crippen LogP) is 1.43. The minimum absolute atomic E-state index is 0.0400. The van der Waals surface area contributed by atoms with Gasteiger partial charge in [-0.05, 0) is 51.2 Å². The van der Waals surface area contributed by atoms with Gasteiger partial charge in [0, 0.05) is 36.6 Å². The highest BCUT2D eigenvalue weighted by molar-refractivity contribution is 7.09. The molecule has 0 bridgehead atoms. The standard InChI is InChI=1S/C19H30N4O2S/c1-19(2,23-8-3-4-9-23)14-21-17(24)12-16-18(25)20-7-10-22(16)13-15-6-5-11-26-15/h5-6,11,16H,3-4,7-10,12-14H2,1-2H3,(H,20,25)(H,21,24)/t16-/m0/s1. The van der Waals surface area contributed by atoms with Gasteiger partial charge in [0.2, 0.25) is 11.8 Å². The maximum Gasteiger partial charge on any atom is 0.237 e. The largest absolute Gasteiger partial charge is 0.354 e. The van der Waals surface area contributed by atoms with Crippen LogP contribution in [-0.2, 0) is 16.1 Å². The van der Waals surface area contributed by atoms with Crippen LogP contribution in [-0.4, -0.2) is 65.9 Å². The molecule has 2 amide bonds. The molecule has 7 heteroatoms. The maximum atomic E-state index is 12.5. The molecule has 0 unspecified atom stereocenters. The van der Waals surface area contributed by atoms with Gasteiger partial charge >= 0.3 is 0 Å². The second-order valence-corrected chi connectivity index (χ2v) is 8.88. The molecule has 0 aromatic carbocycles. The Balaban J connectivity index is 1.54. The molecule has 3 rings (SSSR count). The van der Waals surface area contributed by atoms with Crippen LogP contribution in [0.5, 0.6) is 0 Å². The monoisotopic (exact) mass is 378 g/mol. The average molecular weight is 379 g/mol. The summed E-state index contributed by atoms with van der Waals surface area (Å²) < 4.78 is 0. The van der Waals surface area contributed by atoms with Crippen LogP contribution in [0.1, 0.15) is 38.0 Å². The summed E-state index contributed by atoms with van der Waals surface area (Å²) in [6, 6.07) is 3.71. The average Bonchev–Trinajstić information content (AvgIpc) is 3.30. The normalized spacial score (nSPS) is 22.4. The van der Waals surface area contributed by atoms with Crippen LogP contribution in [0.2, 0.25) is 0 Å². The highest BCUT2D eigenvalue weighted by atomic mass is 32.1. The molecule has 1 aromatic heterocycles. The lowest BCUT2D eigenvalue weighted by Crippen LogP contribution is -2.56. The van der Waals surface area contributed by atoms with Gasteiger partial charge in [-0.25, -0.2) is 0 Å². The molecule has 2 saturated heterocycles. The number of thiophene rings is 1. The zero-order valence-electron chi connectivity index (χ0n) is 15.8. The van der Waals surface area contributed by atoms with Crippen LogP contribution in [0, 0.1) is 0 Å². The summed E-state index contributed by atoms with van der Waals surface area (Å²) in [7, 11) is 0. The van der Waals surface area contributed by atoms with Gasteiger partial charge in [0.05, 0.1) is 12.5 Å². The van der Waals surface area contributed by atoms with E-state index in [0.717, 1.165) is 26.2 Å². The van der Waals surface area contributed by atoms with Crippen molar-refractivity contribution in [3.63, 3.8) is 0 Å². The van der Waals surface area contributed by atoms with Crippen LogP contribution in [0.25, 0.3) is 0 Å². The Hall–Kier alpha value is -1.44. The van der Waals surface area contributed by atoms with Crippen molar-refractivity contribution in [2.24, 2.45) is 0 Å². The van der Waals surface area contributed by atoms with E-state index < -0.39 is 0 Å². The first-order valence-corrected chi connectivity index (χ1v) is 10.4. The summed E-state index contributed by atoms with van der Waals surface area (Å²) in [5, 5.41) is 8.00. The van der Waals surface area contributed by atoms with E-state index >= 15 is 0 Å². The zero-order chi connectivity index (χ0) is 18.6. The fraction of sp³-hybridized carbons (Fsp3) is 0.684. The van der Waals surface area contributed by atoms with Crippen molar-refractivity contribution in [1.29, 1.82) is 0 Å². The molecule has 2 fully saturated rings. The fourth-order valence-electron chi connectivity index (χ4n) is 3.77. The molecule has 0 aliphatic carbocycles. The van der Waals surface area contributed by atoms with Crippen LogP contribution >= 0.6 is 11.3 Å². The molecular formula is C19H30N4O2S. The quantitative estimate of drug-likeness (QED) is 0.753. The number of nitrogens with one attached hydrogen (secondary N) is 2. The highest BCUT2D eigenvalue weighted by Crippen LogP contribution is 2.21. The summed E-state index contributed by atoms with van der Waals surface area (Å²) in [5.41, 5.74) is -0.0440. The lowest BCUT2D eigenvalue weighted by Gasteiger charge is -2.36. The Morgan fingerprint density at radius 3 is 2.81 bits per heavy atom. The topological polar surface area (TPSA) is 64.7 Å². The molecule has 0 spiro atoms. The molecule has 2 N–H and O–H groups in total. The van der Waals surface area contributed by atoms with Crippen LogP contribution in [0.3, 0.4) is 0 Å². The van der Waals surface area contributed by atoms with E-state index in [1.165, 1.54) is 17.7 Å². The molecule has 144 valence electrons. The number of amides is 2. The Morgan fingerprint density at radius 2 is 2.12 bits per heavy atom. The number of piperazine rings is 1. The number of nitrogens with zero attached hydrogens (tertiary/aromatic N) is 2. The molecule has 0 saturated carbocycles. The lowest BCUT2D eigenvalue weighted by molar-refractivity contribution is -0.134. The summed E-state index contributed by atoms with van der Waals surface area (Å²) >= 11 is 1.69. The molecule has 1 aromatic rings. The van der Waals surface area contributed by atoms with E-state index in [9.17, 15) is 9.59 Å². The second kappa shape index (κ2) is 8.50. The van der Waals surface area contributed by atoms with Crippen molar-refractivity contribution in [1.82, 2.24) is 20.4 Å². The smallest absolute Gasteiger partial charge is 0.237 e. The first-order valence-electron chi connectivity index (χ1n) is 9.51. The van der Waals surface area contributed by atoms with Crippen molar-refractivity contribution in [3.8, 4) is 0 Å². The number of rotatable bonds is 7. The molecule has 1 atom stereocenters. The van der Waals surface area contributed by atoms with Crippen molar-refractivity contribution < 1.29 is 9.59 Å². The SMILES string of the molecule is CC(C)(CNC(=O)C[C@H]1C(=O)NCCN1Cc1cccs1)N1CCCC1. The third-order valence-corrected chi connectivity index (χ3v) is 6.30. The molecular weight excluding hydrogens is 348 g/mol. The van der Waals surface area contributed by atoms with Gasteiger partial charge in [-0.1, -0.05) is 6.07 Å². The second-order valence-electron chi connectivity index (χ2n) is 7.84. The first-order chi connectivity index (χ1) is 12.5. The van der Waals surface area contributed by atoms with Crippen molar-refractivity contribution in [2.45, 2.75) is 51.2 Å². The maximum absolute atomic E-state index is 12.5. The fourth-order valence-corrected chi connectivity index (χ4v) is 4.50. The summed E-state index contributed by atoms with van der Waals surface area (Å²) in [5.74, 6) is -0.0859. The Labute approximate surface area is 159 Å². The minimum atomic E-state index is -0.388. The van der Waals surface area contributed by atoms with Crippen LogP contribution in [0.15, 0.2) is 17.5 Å². The molecule has 2 aliphatic heterocycles. The van der Waals surface area contributed by atoms with Gasteiger partial charge in [-0.3, -0.25) is 19.4 Å². The van der Waals surface area contributed by atoms with Crippen molar-refractivity contribution in [2.75, 3.05) is 32.7 Å². The number of hydrogen-bond acceptors (Lipinski definition) is 5. The number of likely N-dealkylation sites (tertiary alicyclic amines) is 1. The zero-order valence-corrected chi connectivity index (χ0v) is 16.6. The number of carbonyl (C=O) groups is 2. The van der Waals surface area contributed by atoms with E-state index in [2.05, 4.69) is 40.3 Å². The van der Waals surface area contributed by atoms with Crippen LogP contribution < -0.4 is 10.6 Å². The van der Waals surface area contributed by atoms with Crippen molar-refractivity contribution in [3.05, 3.63) is 22.4 Å². The molecule has 0 radical (unpaired) electrons. The van der Waals surface area contributed by atoms with Gasteiger partial charge in [-0.2, -0.15) is 0 Å². The van der Waals surface area contributed by atoms with Gasteiger partial charge in [0.25, 0.3) is 0 Å². The summed E-state index contributed by atoms with van der Waals surface area (Å²) in [4.78, 5) is 30.7. The van der Waals surface area contributed by atoms with E-state index in [4.69, 9.17) is 0 Å². The number of carbonyl (C=O) groups excluding carboxylic acids is 2. The van der Waals surface area contributed by atoms with Crippen molar-refractivity contribution >= 4 is 23.2 Å². The van der Waals surface area contributed by atoms with E-state index in [-0.39, 0.29) is 29.8 Å². The molecule has 2 aliphatic rings. The molecule has 26 heavy (non-hydrogen) atoms. The Bertz CT molecular complexity index is 611. The Morgan fingerprint density at radius 1 is 1.35 bits per heavy atom. The Kier molecular flexibility index (Phi) is 6.32. The highest BCUT2D eigenvalue weighted by Gasteiger charge is 2.33. The van der Waals surface area contributed by atoms with Crippen LogP contribution in [0.4, 0.5) is 0 Å². The van der Waals surface area contributed by atoms with Gasteiger partial charge in [0.15, 0.2) is 0 Å². The van der Waals surface area contributed by atoms with E-state index in [0.29, 0.717) is 13.1 Å².